The second-order valence-corrected chi connectivity index (χ2v) is 8.31. The van der Waals surface area contributed by atoms with Crippen LogP contribution in [0.1, 0.15) is 46.9 Å². The third-order valence-corrected chi connectivity index (χ3v) is 5.70. The van der Waals surface area contributed by atoms with Gasteiger partial charge >= 0.3 is 0 Å². The summed E-state index contributed by atoms with van der Waals surface area (Å²) in [4.78, 5) is 30.0. The molecule has 2 aromatic heterocycles. The van der Waals surface area contributed by atoms with Gasteiger partial charge in [-0.15, -0.1) is 0 Å². The van der Waals surface area contributed by atoms with Gasteiger partial charge in [-0.25, -0.2) is 4.98 Å². The summed E-state index contributed by atoms with van der Waals surface area (Å²) in [5, 5.41) is 27.9. The summed E-state index contributed by atoms with van der Waals surface area (Å²) in [5.74, 6) is -1.14. The molecule has 0 radical (unpaired) electrons. The van der Waals surface area contributed by atoms with Gasteiger partial charge in [0.1, 0.15) is 18.1 Å². The summed E-state index contributed by atoms with van der Waals surface area (Å²) in [7, 11) is 3.13. The molecule has 36 heavy (non-hydrogen) atoms. The largest absolute Gasteiger partial charge is 0.504 e. The number of hydrogen-bond donors (Lipinski definition) is 3. The third kappa shape index (κ3) is 5.22. The molecule has 3 N–H and O–H groups in total. The van der Waals surface area contributed by atoms with Crippen molar-refractivity contribution >= 4 is 5.91 Å². The van der Waals surface area contributed by atoms with Crippen LogP contribution in [-0.4, -0.2) is 38.0 Å². The molecular formula is C26H26N4O6. The number of rotatable bonds is 8. The zero-order valence-electron chi connectivity index (χ0n) is 20.0. The van der Waals surface area contributed by atoms with Crippen LogP contribution in [0, 0.1) is 6.92 Å². The minimum atomic E-state index is -0.861. The summed E-state index contributed by atoms with van der Waals surface area (Å²) in [5.41, 5.74) is 0.658. The number of carbonyl (C=O) groups is 1. The van der Waals surface area contributed by atoms with E-state index in [0.717, 1.165) is 5.56 Å². The smallest absolute Gasteiger partial charge is 0.227 e. The number of aryl methyl sites for hydroxylation is 2. The van der Waals surface area contributed by atoms with Crippen LogP contribution in [0.15, 0.2) is 70.1 Å². The number of nitrogens with one attached hydrogen (secondary N) is 1. The van der Waals surface area contributed by atoms with Gasteiger partial charge in [0.2, 0.25) is 17.1 Å². The molecule has 2 heterocycles. The molecule has 0 fully saturated rings. The first kappa shape index (κ1) is 24.5. The highest BCUT2D eigenvalue weighted by atomic mass is 16.5. The van der Waals surface area contributed by atoms with Crippen LogP contribution in [0.3, 0.4) is 0 Å². The molecule has 4 rings (SSSR count). The Morgan fingerprint density at radius 1 is 1.14 bits per heavy atom. The molecule has 186 valence electrons. The van der Waals surface area contributed by atoms with E-state index in [4.69, 9.17) is 9.15 Å². The topological polar surface area (TPSA) is 140 Å². The van der Waals surface area contributed by atoms with E-state index in [2.05, 4.69) is 15.4 Å². The number of hydrogen-bond acceptors (Lipinski definition) is 8. The zero-order chi connectivity index (χ0) is 25.8. The van der Waals surface area contributed by atoms with Gasteiger partial charge in [0, 0.05) is 19.5 Å². The average Bonchev–Trinajstić information content (AvgIpc) is 3.30. The molecule has 0 aliphatic carbocycles. The SMILES string of the molecule is COc1cc([C@@H](CC(=O)N[C@@H](c2ccccc2)c2ncn(C)n2)c2oc(C)cc(=O)c2O)ccc1O. The molecule has 0 aliphatic heterocycles. The monoisotopic (exact) mass is 490 g/mol. The van der Waals surface area contributed by atoms with Crippen molar-refractivity contribution in [3.05, 3.63) is 99.6 Å². The molecule has 2 aromatic carbocycles. The molecule has 4 aromatic rings. The second kappa shape index (κ2) is 10.3. The molecular weight excluding hydrogens is 464 g/mol. The number of methoxy groups -OCH3 is 1. The summed E-state index contributed by atoms with van der Waals surface area (Å²) >= 11 is 0. The maximum Gasteiger partial charge on any atom is 0.227 e. The number of phenols is 1. The standard InChI is InChI=1S/C26H26N4O6/c1-15-11-20(32)24(34)25(36-15)18(17-9-10-19(31)21(12-17)35-3)13-22(33)28-23(16-7-5-4-6-8-16)26-27-14-30(2)29-26/h4-12,14,18,23,31,34H,13H2,1-3H3,(H,28,33)/t18-,23+/m1/s1. The van der Waals surface area contributed by atoms with Crippen molar-refractivity contribution in [3.63, 3.8) is 0 Å². The lowest BCUT2D eigenvalue weighted by Gasteiger charge is -2.21. The van der Waals surface area contributed by atoms with Crippen molar-refractivity contribution < 1.29 is 24.2 Å². The maximum atomic E-state index is 13.4. The van der Waals surface area contributed by atoms with E-state index < -0.39 is 29.0 Å². The second-order valence-electron chi connectivity index (χ2n) is 8.31. The molecule has 1 amide bonds. The molecule has 0 aliphatic rings. The van der Waals surface area contributed by atoms with Crippen LogP contribution in [0.5, 0.6) is 17.2 Å². The highest BCUT2D eigenvalue weighted by Gasteiger charge is 2.29. The average molecular weight is 491 g/mol. The van der Waals surface area contributed by atoms with Crippen molar-refractivity contribution in [3.8, 4) is 17.2 Å². The Bertz CT molecular complexity index is 1430. The molecule has 0 bridgehead atoms. The summed E-state index contributed by atoms with van der Waals surface area (Å²) in [6, 6.07) is 14.3. The minimum absolute atomic E-state index is 0.0601. The van der Waals surface area contributed by atoms with E-state index in [9.17, 15) is 19.8 Å². The molecule has 10 heteroatoms. The first-order valence-corrected chi connectivity index (χ1v) is 11.2. The highest BCUT2D eigenvalue weighted by molar-refractivity contribution is 5.78. The Morgan fingerprint density at radius 2 is 1.89 bits per heavy atom. The first-order chi connectivity index (χ1) is 17.3. The Balaban J connectivity index is 1.72. The number of nitrogens with zero attached hydrogens (tertiary/aromatic N) is 3. The van der Waals surface area contributed by atoms with E-state index in [-0.39, 0.29) is 29.4 Å². The molecule has 0 unspecified atom stereocenters. The Hall–Kier alpha value is -4.60. The zero-order valence-corrected chi connectivity index (χ0v) is 20.0. The summed E-state index contributed by atoms with van der Waals surface area (Å²) in [6.45, 7) is 1.58. The summed E-state index contributed by atoms with van der Waals surface area (Å²) < 4.78 is 12.5. The normalized spacial score (nSPS) is 12.6. The van der Waals surface area contributed by atoms with Crippen molar-refractivity contribution in [2.24, 2.45) is 7.05 Å². The number of ether oxygens (including phenoxy) is 1. The first-order valence-electron chi connectivity index (χ1n) is 11.2. The third-order valence-electron chi connectivity index (χ3n) is 5.70. The molecule has 0 spiro atoms. The fraction of sp³-hybridized carbons (Fsp3) is 0.231. The Labute approximate surface area is 206 Å². The van der Waals surface area contributed by atoms with Crippen molar-refractivity contribution in [2.75, 3.05) is 7.11 Å². The fourth-order valence-corrected chi connectivity index (χ4v) is 3.97. The molecule has 2 atom stereocenters. The van der Waals surface area contributed by atoms with Crippen molar-refractivity contribution in [2.45, 2.75) is 25.3 Å². The molecule has 0 saturated carbocycles. The van der Waals surface area contributed by atoms with Crippen LogP contribution in [0.4, 0.5) is 0 Å². The van der Waals surface area contributed by atoms with Crippen LogP contribution in [0.2, 0.25) is 0 Å². The quantitative estimate of drug-likeness (QED) is 0.343. The minimum Gasteiger partial charge on any atom is -0.504 e. The number of carbonyl (C=O) groups excluding carboxylic acids is 1. The van der Waals surface area contributed by atoms with E-state index >= 15 is 0 Å². The maximum absolute atomic E-state index is 13.4. The van der Waals surface area contributed by atoms with Gasteiger partial charge < -0.3 is 24.7 Å². The van der Waals surface area contributed by atoms with Gasteiger partial charge in [-0.05, 0) is 30.2 Å². The number of aromatic hydroxyl groups is 2. The van der Waals surface area contributed by atoms with Gasteiger partial charge in [-0.2, -0.15) is 5.10 Å². The van der Waals surface area contributed by atoms with E-state index in [1.165, 1.54) is 25.3 Å². The number of amides is 1. The van der Waals surface area contributed by atoms with E-state index in [0.29, 0.717) is 11.4 Å². The highest BCUT2D eigenvalue weighted by Crippen LogP contribution is 2.37. The lowest BCUT2D eigenvalue weighted by molar-refractivity contribution is -0.122. The summed E-state index contributed by atoms with van der Waals surface area (Å²) in [6.07, 6.45) is 1.35. The fourth-order valence-electron chi connectivity index (χ4n) is 3.97. The molecule has 0 saturated heterocycles. The Kier molecular flexibility index (Phi) is 7.05. The lowest BCUT2D eigenvalue weighted by atomic mass is 9.91. The van der Waals surface area contributed by atoms with Gasteiger partial charge in [0.25, 0.3) is 0 Å². The van der Waals surface area contributed by atoms with Crippen molar-refractivity contribution in [1.29, 1.82) is 0 Å². The van der Waals surface area contributed by atoms with Gasteiger partial charge in [0.15, 0.2) is 23.1 Å². The van der Waals surface area contributed by atoms with Gasteiger partial charge in [0.05, 0.1) is 13.0 Å². The molecule has 10 nitrogen and oxygen atoms in total. The van der Waals surface area contributed by atoms with Gasteiger partial charge in [-0.3, -0.25) is 14.3 Å². The number of phenolic OH excluding ortho intramolecular Hbond substituents is 1. The van der Waals surface area contributed by atoms with E-state index in [1.807, 2.05) is 30.3 Å². The van der Waals surface area contributed by atoms with E-state index in [1.54, 1.807) is 31.0 Å². The number of aromatic nitrogens is 3. The predicted octanol–water partition coefficient (Wildman–Crippen LogP) is 2.92. The van der Waals surface area contributed by atoms with Crippen LogP contribution in [0.25, 0.3) is 0 Å². The van der Waals surface area contributed by atoms with Crippen LogP contribution >= 0.6 is 0 Å². The van der Waals surface area contributed by atoms with Gasteiger partial charge in [-0.1, -0.05) is 36.4 Å². The Morgan fingerprint density at radius 3 is 2.56 bits per heavy atom. The lowest BCUT2D eigenvalue weighted by Crippen LogP contribution is -2.31. The van der Waals surface area contributed by atoms with Crippen LogP contribution in [-0.2, 0) is 11.8 Å². The van der Waals surface area contributed by atoms with Crippen molar-refractivity contribution in [1.82, 2.24) is 20.1 Å². The predicted molar refractivity (Wildman–Crippen MR) is 130 cm³/mol. The number of benzene rings is 2. The van der Waals surface area contributed by atoms with Crippen LogP contribution < -0.4 is 15.5 Å².